The quantitative estimate of drug-likeness (QED) is 0.590. The summed E-state index contributed by atoms with van der Waals surface area (Å²) in [6.45, 7) is 3.37. The number of esters is 1. The Morgan fingerprint density at radius 3 is 2.45 bits per heavy atom. The van der Waals surface area contributed by atoms with Crippen LogP contribution in [0.4, 0.5) is 10.1 Å². The monoisotopic (exact) mass is 423 g/mol. The van der Waals surface area contributed by atoms with Gasteiger partial charge in [0.25, 0.3) is 5.91 Å². The van der Waals surface area contributed by atoms with Gasteiger partial charge in [-0.2, -0.15) is 0 Å². The minimum absolute atomic E-state index is 0.160. The Bertz CT molecular complexity index is 1030. The Morgan fingerprint density at radius 1 is 1.13 bits per heavy atom. The van der Waals surface area contributed by atoms with Crippen LogP contribution in [0.2, 0.25) is 0 Å². The molecule has 2 amide bonds. The fraction of sp³-hybridized carbons (Fsp3) is 0.292. The molecule has 2 atom stereocenters. The largest absolute Gasteiger partial charge is 0.462 e. The van der Waals surface area contributed by atoms with Crippen molar-refractivity contribution in [1.82, 2.24) is 0 Å². The van der Waals surface area contributed by atoms with Gasteiger partial charge in [0.1, 0.15) is 5.82 Å². The summed E-state index contributed by atoms with van der Waals surface area (Å²) in [7, 11) is 0. The van der Waals surface area contributed by atoms with Crippen LogP contribution in [0, 0.1) is 5.82 Å². The molecular formula is C24H24FN2O4+. The number of imide groups is 1. The van der Waals surface area contributed by atoms with Gasteiger partial charge in [0.15, 0.2) is 6.04 Å². The van der Waals surface area contributed by atoms with Crippen molar-refractivity contribution in [3.8, 4) is 0 Å². The van der Waals surface area contributed by atoms with Gasteiger partial charge in [0, 0.05) is 6.42 Å². The number of nitrogens with one attached hydrogen (secondary N) is 1. The molecule has 160 valence electrons. The third-order valence-corrected chi connectivity index (χ3v) is 5.82. The van der Waals surface area contributed by atoms with E-state index in [2.05, 4.69) is 6.08 Å². The topological polar surface area (TPSA) is 68.1 Å². The van der Waals surface area contributed by atoms with Crippen molar-refractivity contribution in [2.75, 3.05) is 24.6 Å². The first-order chi connectivity index (χ1) is 15.0. The van der Waals surface area contributed by atoms with Crippen molar-refractivity contribution in [2.24, 2.45) is 0 Å². The lowest BCUT2D eigenvalue weighted by Crippen LogP contribution is -3.17. The summed E-state index contributed by atoms with van der Waals surface area (Å²) in [5.41, 5.74) is 2.95. The molecule has 1 unspecified atom stereocenters. The molecule has 1 N–H and O–H groups in total. The fourth-order valence-corrected chi connectivity index (χ4v) is 4.18. The molecular weight excluding hydrogens is 399 g/mol. The Hall–Kier alpha value is -3.32. The zero-order valence-electron chi connectivity index (χ0n) is 17.3. The van der Waals surface area contributed by atoms with Gasteiger partial charge in [0.2, 0.25) is 5.91 Å². The fourth-order valence-electron chi connectivity index (χ4n) is 4.18. The van der Waals surface area contributed by atoms with E-state index in [0.29, 0.717) is 17.8 Å². The first-order valence-electron chi connectivity index (χ1n) is 10.4. The van der Waals surface area contributed by atoms with Crippen LogP contribution < -0.4 is 9.80 Å². The number of carbonyl (C=O) groups is 3. The Morgan fingerprint density at radius 2 is 1.84 bits per heavy atom. The second-order valence-corrected chi connectivity index (χ2v) is 7.69. The van der Waals surface area contributed by atoms with E-state index in [1.165, 1.54) is 17.0 Å². The van der Waals surface area contributed by atoms with Crippen LogP contribution in [0.5, 0.6) is 0 Å². The molecule has 2 aromatic carbocycles. The number of quaternary nitrogens is 1. The maximum Gasteiger partial charge on any atom is 0.338 e. The van der Waals surface area contributed by atoms with Crippen LogP contribution in [0.3, 0.4) is 0 Å². The number of nitrogens with zero attached hydrogens (tertiary/aromatic N) is 1. The molecule has 0 spiro atoms. The molecule has 2 aliphatic rings. The smallest absolute Gasteiger partial charge is 0.338 e. The maximum absolute atomic E-state index is 13.2. The summed E-state index contributed by atoms with van der Waals surface area (Å²) in [6.07, 6.45) is 2.99. The highest BCUT2D eigenvalue weighted by molar-refractivity contribution is 6.22. The van der Waals surface area contributed by atoms with Crippen LogP contribution in [0.1, 0.15) is 35.7 Å². The first-order valence-corrected chi connectivity index (χ1v) is 10.4. The first kappa shape index (κ1) is 20.9. The zero-order chi connectivity index (χ0) is 22.0. The number of ether oxygens (including phenoxy) is 1. The average molecular weight is 423 g/mol. The Balaban J connectivity index is 1.45. The molecule has 7 heteroatoms. The van der Waals surface area contributed by atoms with Crippen molar-refractivity contribution in [3.05, 3.63) is 71.6 Å². The number of halogens is 1. The van der Waals surface area contributed by atoms with E-state index in [9.17, 15) is 18.8 Å². The number of anilines is 1. The van der Waals surface area contributed by atoms with Crippen molar-refractivity contribution in [2.45, 2.75) is 25.8 Å². The lowest BCUT2D eigenvalue weighted by atomic mass is 9.98. The molecule has 2 aromatic rings. The molecule has 0 radical (unpaired) electrons. The predicted molar refractivity (Wildman–Crippen MR) is 113 cm³/mol. The van der Waals surface area contributed by atoms with Crippen molar-refractivity contribution >= 4 is 29.0 Å². The summed E-state index contributed by atoms with van der Waals surface area (Å²) in [5.74, 6) is -1.16. The highest BCUT2D eigenvalue weighted by Gasteiger charge is 2.45. The van der Waals surface area contributed by atoms with Gasteiger partial charge in [-0.3, -0.25) is 9.59 Å². The van der Waals surface area contributed by atoms with Gasteiger partial charge in [0.05, 0.1) is 37.4 Å². The molecule has 4 rings (SSSR count). The molecule has 0 aliphatic carbocycles. The summed E-state index contributed by atoms with van der Waals surface area (Å²) in [4.78, 5) is 39.8. The molecule has 1 fully saturated rings. The number of rotatable bonds is 5. The van der Waals surface area contributed by atoms with Crippen molar-refractivity contribution in [1.29, 1.82) is 0 Å². The molecule has 2 aliphatic heterocycles. The molecule has 6 nitrogen and oxygen atoms in total. The SMILES string of the molecule is CCOC(=O)c1ccc(N2C(=O)C[C@H]([NH+]3CC=C(c4ccc(F)cc4)CC3)C2=O)cc1. The second kappa shape index (κ2) is 8.81. The van der Waals surface area contributed by atoms with E-state index in [0.717, 1.165) is 29.0 Å². The average Bonchev–Trinajstić information content (AvgIpc) is 3.08. The van der Waals surface area contributed by atoms with Crippen LogP contribution in [-0.4, -0.2) is 43.5 Å². The minimum Gasteiger partial charge on any atom is -0.462 e. The summed E-state index contributed by atoms with van der Waals surface area (Å²) in [6, 6.07) is 12.3. The van der Waals surface area contributed by atoms with Crippen LogP contribution >= 0.6 is 0 Å². The van der Waals surface area contributed by atoms with E-state index in [1.807, 2.05) is 0 Å². The number of benzene rings is 2. The maximum atomic E-state index is 13.2. The van der Waals surface area contributed by atoms with Crippen LogP contribution in [-0.2, 0) is 14.3 Å². The number of amides is 2. The lowest BCUT2D eigenvalue weighted by Gasteiger charge is -2.27. The van der Waals surface area contributed by atoms with Gasteiger partial charge in [-0.1, -0.05) is 12.1 Å². The molecule has 1 saturated heterocycles. The van der Waals surface area contributed by atoms with Crippen molar-refractivity contribution < 1.29 is 28.4 Å². The van der Waals surface area contributed by atoms with Gasteiger partial charge >= 0.3 is 5.97 Å². The molecule has 0 aromatic heterocycles. The number of hydrogen-bond donors (Lipinski definition) is 1. The Labute approximate surface area is 179 Å². The highest BCUT2D eigenvalue weighted by atomic mass is 19.1. The van der Waals surface area contributed by atoms with E-state index >= 15 is 0 Å². The summed E-state index contributed by atoms with van der Waals surface area (Å²) in [5, 5.41) is 0. The summed E-state index contributed by atoms with van der Waals surface area (Å²) < 4.78 is 18.1. The number of carbonyl (C=O) groups excluding carboxylic acids is 3. The van der Waals surface area contributed by atoms with E-state index in [4.69, 9.17) is 4.74 Å². The van der Waals surface area contributed by atoms with Gasteiger partial charge in [-0.15, -0.1) is 0 Å². The molecule has 0 saturated carbocycles. The third kappa shape index (κ3) is 4.27. The van der Waals surface area contributed by atoms with E-state index < -0.39 is 12.0 Å². The molecule has 0 bridgehead atoms. The molecule has 2 heterocycles. The third-order valence-electron chi connectivity index (χ3n) is 5.82. The predicted octanol–water partition coefficient (Wildman–Crippen LogP) is 2.01. The normalized spacial score (nSPS) is 21.2. The lowest BCUT2D eigenvalue weighted by molar-refractivity contribution is -0.909. The van der Waals surface area contributed by atoms with Gasteiger partial charge in [-0.25, -0.2) is 14.1 Å². The van der Waals surface area contributed by atoms with Gasteiger partial charge in [-0.05, 0) is 60.5 Å². The second-order valence-electron chi connectivity index (χ2n) is 7.69. The van der Waals surface area contributed by atoms with E-state index in [1.54, 1.807) is 43.3 Å². The van der Waals surface area contributed by atoms with Crippen LogP contribution in [0.15, 0.2) is 54.6 Å². The molecule has 31 heavy (non-hydrogen) atoms. The van der Waals surface area contributed by atoms with E-state index in [-0.39, 0.29) is 30.7 Å². The standard InChI is InChI=1S/C24H23FN2O4/c1-2-31-24(30)18-5-9-20(10-6-18)27-22(28)15-21(23(27)29)26-13-11-17(12-14-26)16-3-7-19(25)8-4-16/h3-11,21H,2,12-15H2,1H3/p+1/t21-/m0/s1. The Kier molecular flexibility index (Phi) is 5.95. The van der Waals surface area contributed by atoms with Crippen LogP contribution in [0.25, 0.3) is 5.57 Å². The van der Waals surface area contributed by atoms with Crippen molar-refractivity contribution in [3.63, 3.8) is 0 Å². The van der Waals surface area contributed by atoms with Gasteiger partial charge < -0.3 is 9.64 Å². The minimum atomic E-state index is -0.437. The number of hydrogen-bond acceptors (Lipinski definition) is 4. The zero-order valence-corrected chi connectivity index (χ0v) is 17.3. The summed E-state index contributed by atoms with van der Waals surface area (Å²) >= 11 is 0. The highest BCUT2D eigenvalue weighted by Crippen LogP contribution is 2.24.